The number of nitrogens with zero attached hydrogens (tertiary/aromatic N) is 3. The minimum Gasteiger partial charge on any atom is -0.449 e. The number of fused-ring (bicyclic) bond motifs is 3. The van der Waals surface area contributed by atoms with E-state index in [0.29, 0.717) is 32.4 Å². The van der Waals surface area contributed by atoms with Gasteiger partial charge in [-0.1, -0.05) is 0 Å². The molecule has 0 spiro atoms. The fourth-order valence-electron chi connectivity index (χ4n) is 3.82. The van der Waals surface area contributed by atoms with E-state index in [1.807, 2.05) is 24.5 Å². The highest BCUT2D eigenvalue weighted by Crippen LogP contribution is 2.41. The molecule has 138 valence electrons. The quantitative estimate of drug-likeness (QED) is 0.677. The van der Waals surface area contributed by atoms with Crippen LogP contribution in [0.2, 0.25) is 0 Å². The maximum atomic E-state index is 12.5. The van der Waals surface area contributed by atoms with Crippen molar-refractivity contribution in [2.24, 2.45) is 11.7 Å². The van der Waals surface area contributed by atoms with E-state index in [4.69, 9.17) is 10.5 Å². The molecule has 1 aliphatic carbocycles. The largest absolute Gasteiger partial charge is 0.449 e. The highest BCUT2D eigenvalue weighted by molar-refractivity contribution is 6.10. The average molecular weight is 365 g/mol. The molecule has 0 bridgehead atoms. The van der Waals surface area contributed by atoms with Gasteiger partial charge in [0.05, 0.1) is 5.92 Å². The monoisotopic (exact) mass is 365 g/mol. The van der Waals surface area contributed by atoms with Gasteiger partial charge in [-0.15, -0.1) is 0 Å². The summed E-state index contributed by atoms with van der Waals surface area (Å²) in [6, 6.07) is 3.92. The minimum atomic E-state index is -1.06. The van der Waals surface area contributed by atoms with Crippen LogP contribution in [-0.2, 0) is 14.3 Å². The van der Waals surface area contributed by atoms with E-state index in [1.165, 1.54) is 0 Å². The van der Waals surface area contributed by atoms with Crippen molar-refractivity contribution in [3.63, 3.8) is 0 Å². The number of hydrogen-bond donors (Lipinski definition) is 2. The lowest BCUT2D eigenvalue weighted by Gasteiger charge is -2.20. The van der Waals surface area contributed by atoms with Gasteiger partial charge >= 0.3 is 5.97 Å². The Hall–Kier alpha value is -3.16. The van der Waals surface area contributed by atoms with E-state index in [9.17, 15) is 9.59 Å². The summed E-state index contributed by atoms with van der Waals surface area (Å²) in [7, 11) is 0. The van der Waals surface area contributed by atoms with Crippen LogP contribution >= 0.6 is 0 Å². The Balaban J connectivity index is 1.43. The zero-order valence-electron chi connectivity index (χ0n) is 14.6. The molecule has 3 N–H and O–H groups in total. The molecule has 4 heterocycles. The lowest BCUT2D eigenvalue weighted by Crippen LogP contribution is -2.37. The summed E-state index contributed by atoms with van der Waals surface area (Å²) in [4.78, 5) is 38.2. The Labute approximate surface area is 154 Å². The molecule has 1 saturated heterocycles. The lowest BCUT2D eigenvalue weighted by atomic mass is 10.1. The maximum absolute atomic E-state index is 12.5. The van der Waals surface area contributed by atoms with Gasteiger partial charge < -0.3 is 20.4 Å². The number of pyridine rings is 2. The highest BCUT2D eigenvalue weighted by atomic mass is 16.6. The van der Waals surface area contributed by atoms with Gasteiger partial charge in [0.1, 0.15) is 11.5 Å². The van der Waals surface area contributed by atoms with Crippen molar-refractivity contribution in [1.29, 1.82) is 0 Å². The molecule has 8 nitrogen and oxygen atoms in total. The first kappa shape index (κ1) is 16.0. The predicted octanol–water partition coefficient (Wildman–Crippen LogP) is 1.50. The number of ether oxygens (including phenoxy) is 1. The summed E-state index contributed by atoms with van der Waals surface area (Å²) in [5.41, 5.74) is 5.10. The Morgan fingerprint density at radius 3 is 2.93 bits per heavy atom. The molecule has 1 saturated carbocycles. The van der Waals surface area contributed by atoms with Gasteiger partial charge in [-0.3, -0.25) is 9.59 Å². The van der Waals surface area contributed by atoms with Gasteiger partial charge in [0.25, 0.3) is 5.91 Å². The zero-order valence-corrected chi connectivity index (χ0v) is 14.6. The number of carbonyl (C=O) groups excluding carboxylic acids is 2. The zero-order chi connectivity index (χ0) is 18.6. The minimum absolute atomic E-state index is 0.289. The summed E-state index contributed by atoms with van der Waals surface area (Å²) in [5, 5.41) is 3.03. The molecular formula is C19H19N5O3. The van der Waals surface area contributed by atoms with Crippen LogP contribution < -0.4 is 10.6 Å². The number of aromatic nitrogens is 3. The van der Waals surface area contributed by atoms with Crippen molar-refractivity contribution in [1.82, 2.24) is 15.0 Å². The molecule has 0 radical (unpaired) electrons. The number of aromatic amines is 1. The van der Waals surface area contributed by atoms with E-state index in [1.54, 1.807) is 6.20 Å². The molecule has 0 aromatic carbocycles. The van der Waals surface area contributed by atoms with E-state index >= 15 is 0 Å². The van der Waals surface area contributed by atoms with Gasteiger partial charge in [-0.05, 0) is 18.6 Å². The number of esters is 1. The van der Waals surface area contributed by atoms with Crippen LogP contribution in [0.4, 0.5) is 5.82 Å². The van der Waals surface area contributed by atoms with Gasteiger partial charge in [0.15, 0.2) is 5.60 Å². The molecule has 1 atom stereocenters. The molecule has 1 unspecified atom stereocenters. The van der Waals surface area contributed by atoms with Crippen molar-refractivity contribution in [3.8, 4) is 0 Å². The van der Waals surface area contributed by atoms with Crippen molar-refractivity contribution in [3.05, 3.63) is 30.7 Å². The molecule has 27 heavy (non-hydrogen) atoms. The van der Waals surface area contributed by atoms with Gasteiger partial charge in [0.2, 0.25) is 0 Å². The number of rotatable bonds is 4. The van der Waals surface area contributed by atoms with Crippen LogP contribution in [0.5, 0.6) is 0 Å². The summed E-state index contributed by atoms with van der Waals surface area (Å²) in [6.45, 7) is 1.21. The third kappa shape index (κ3) is 2.51. The number of hydrogen-bond acceptors (Lipinski definition) is 6. The Morgan fingerprint density at radius 1 is 1.30 bits per heavy atom. The number of H-pyrrole nitrogens is 1. The number of primary amides is 1. The molecule has 1 amide bonds. The predicted molar refractivity (Wildman–Crippen MR) is 99.0 cm³/mol. The Bertz CT molecular complexity index is 1070. The first-order chi connectivity index (χ1) is 13.1. The van der Waals surface area contributed by atoms with Crippen molar-refractivity contribution in [2.45, 2.75) is 24.9 Å². The van der Waals surface area contributed by atoms with Crippen LogP contribution in [0.3, 0.4) is 0 Å². The summed E-state index contributed by atoms with van der Waals surface area (Å²) in [6.07, 6.45) is 7.15. The molecular weight excluding hydrogens is 346 g/mol. The Kier molecular flexibility index (Phi) is 3.37. The number of nitrogens with two attached hydrogens (primary N) is 1. The van der Waals surface area contributed by atoms with Crippen LogP contribution in [-0.4, -0.2) is 45.5 Å². The number of carbonyl (C=O) groups is 2. The third-order valence-corrected chi connectivity index (χ3v) is 5.56. The molecule has 3 aromatic heterocycles. The van der Waals surface area contributed by atoms with E-state index < -0.39 is 11.5 Å². The number of amides is 1. The second-order valence-corrected chi connectivity index (χ2v) is 7.31. The van der Waals surface area contributed by atoms with E-state index in [0.717, 1.165) is 27.6 Å². The number of anilines is 1. The third-order valence-electron chi connectivity index (χ3n) is 5.56. The number of nitrogens with one attached hydrogen (secondary N) is 1. The topological polar surface area (TPSA) is 114 Å². The maximum Gasteiger partial charge on any atom is 0.311 e. The van der Waals surface area contributed by atoms with Crippen LogP contribution in [0.15, 0.2) is 30.7 Å². The normalized spacial score (nSPS) is 20.9. The fraction of sp³-hybridized carbons (Fsp3) is 0.368. The molecule has 2 fully saturated rings. The standard InChI is InChI=1S/C19H19N5O3/c20-18(26)19(4-5-19)27-17(25)12-3-8-24(10-12)16-14-11(1-6-22-16)9-23-15-13(14)2-7-21-15/h1-2,6-7,9,12H,3-5,8,10H2,(H2,20,26)(H,21,23). The van der Waals surface area contributed by atoms with Crippen LogP contribution in [0.25, 0.3) is 21.8 Å². The smallest absolute Gasteiger partial charge is 0.311 e. The SMILES string of the molecule is NC(=O)C1(OC(=O)C2CCN(c3nccc4cnc5[nH]ccc5c34)C2)CC1. The fourth-order valence-corrected chi connectivity index (χ4v) is 3.82. The highest BCUT2D eigenvalue weighted by Gasteiger charge is 2.53. The molecule has 3 aromatic rings. The first-order valence-electron chi connectivity index (χ1n) is 9.06. The van der Waals surface area contributed by atoms with Gasteiger partial charge in [-0.25, -0.2) is 9.97 Å². The van der Waals surface area contributed by atoms with Crippen molar-refractivity contribution in [2.75, 3.05) is 18.0 Å². The van der Waals surface area contributed by atoms with Crippen LogP contribution in [0, 0.1) is 5.92 Å². The second kappa shape index (κ2) is 5.67. The molecule has 1 aliphatic heterocycles. The van der Waals surface area contributed by atoms with Crippen molar-refractivity contribution >= 4 is 39.5 Å². The van der Waals surface area contributed by atoms with E-state index in [-0.39, 0.29) is 11.9 Å². The summed E-state index contributed by atoms with van der Waals surface area (Å²) in [5.74, 6) is -0.348. The lowest BCUT2D eigenvalue weighted by molar-refractivity contribution is -0.160. The Morgan fingerprint density at radius 2 is 2.15 bits per heavy atom. The van der Waals surface area contributed by atoms with E-state index in [2.05, 4.69) is 19.9 Å². The molecule has 8 heteroatoms. The van der Waals surface area contributed by atoms with Crippen molar-refractivity contribution < 1.29 is 14.3 Å². The van der Waals surface area contributed by atoms with Gasteiger partial charge in [0, 0.05) is 60.7 Å². The average Bonchev–Trinajstić information content (AvgIpc) is 3.10. The molecule has 5 rings (SSSR count). The summed E-state index contributed by atoms with van der Waals surface area (Å²) >= 11 is 0. The molecule has 2 aliphatic rings. The van der Waals surface area contributed by atoms with Crippen LogP contribution in [0.1, 0.15) is 19.3 Å². The second-order valence-electron chi connectivity index (χ2n) is 7.31. The first-order valence-corrected chi connectivity index (χ1v) is 9.06. The summed E-state index contributed by atoms with van der Waals surface area (Å²) < 4.78 is 5.45. The van der Waals surface area contributed by atoms with Gasteiger partial charge in [-0.2, -0.15) is 0 Å².